The Labute approximate surface area is 107 Å². The van der Waals surface area contributed by atoms with Crippen molar-refractivity contribution in [2.45, 2.75) is 19.8 Å². The molecule has 0 bridgehead atoms. The maximum absolute atomic E-state index is 12.3. The number of nitrogens with zero attached hydrogens (tertiary/aromatic N) is 2. The Morgan fingerprint density at radius 2 is 2.47 bits per heavy atom. The van der Waals surface area contributed by atoms with Crippen LogP contribution < -0.4 is 0 Å². The van der Waals surface area contributed by atoms with Crippen molar-refractivity contribution in [3.05, 3.63) is 29.6 Å². The molecule has 1 atom stereocenters. The van der Waals surface area contributed by atoms with Crippen LogP contribution >= 0.6 is 11.6 Å². The van der Waals surface area contributed by atoms with E-state index in [4.69, 9.17) is 11.6 Å². The van der Waals surface area contributed by atoms with E-state index >= 15 is 0 Å². The summed E-state index contributed by atoms with van der Waals surface area (Å²) in [6.07, 6.45) is 3.88. The van der Waals surface area contributed by atoms with Gasteiger partial charge in [-0.3, -0.25) is 9.78 Å². The number of carbonyl (C=O) groups excluding carboxylic acids is 1. The first-order chi connectivity index (χ1) is 8.22. The molecular formula is C13H17ClN2O. The second-order valence-corrected chi connectivity index (χ2v) is 4.86. The van der Waals surface area contributed by atoms with Gasteiger partial charge in [0.2, 0.25) is 0 Å². The topological polar surface area (TPSA) is 33.2 Å². The van der Waals surface area contributed by atoms with Crippen molar-refractivity contribution >= 4 is 17.5 Å². The number of hydrogen-bond donors (Lipinski definition) is 0. The van der Waals surface area contributed by atoms with Gasteiger partial charge in [-0.1, -0.05) is 0 Å². The molecule has 1 aromatic heterocycles. The van der Waals surface area contributed by atoms with E-state index in [1.165, 1.54) is 0 Å². The molecule has 0 aromatic carbocycles. The number of piperidine rings is 1. The lowest BCUT2D eigenvalue weighted by molar-refractivity contribution is 0.0683. The summed E-state index contributed by atoms with van der Waals surface area (Å²) in [6, 6.07) is 3.65. The fraction of sp³-hybridized carbons (Fsp3) is 0.538. The van der Waals surface area contributed by atoms with Gasteiger partial charge in [0.25, 0.3) is 5.91 Å². The van der Waals surface area contributed by atoms with E-state index in [0.717, 1.165) is 31.6 Å². The number of aryl methyl sites for hydroxylation is 1. The van der Waals surface area contributed by atoms with E-state index in [-0.39, 0.29) is 5.91 Å². The van der Waals surface area contributed by atoms with Crippen molar-refractivity contribution in [3.63, 3.8) is 0 Å². The standard InChI is InChI=1S/C13H17ClN2O/c1-10-12(5-2-6-15-10)13(17)16-7-3-4-11(8-14)9-16/h2,5-6,11H,3-4,7-9H2,1H3. The molecule has 4 heteroatoms. The van der Waals surface area contributed by atoms with Gasteiger partial charge in [-0.05, 0) is 37.8 Å². The summed E-state index contributed by atoms with van der Waals surface area (Å²) in [4.78, 5) is 18.4. The SMILES string of the molecule is Cc1ncccc1C(=O)N1CCCC(CCl)C1. The Kier molecular flexibility index (Phi) is 4.00. The van der Waals surface area contributed by atoms with Gasteiger partial charge in [-0.25, -0.2) is 0 Å². The van der Waals surface area contributed by atoms with E-state index in [2.05, 4.69) is 4.98 Å². The third kappa shape index (κ3) is 2.78. The van der Waals surface area contributed by atoms with Gasteiger partial charge in [0.1, 0.15) is 0 Å². The Morgan fingerprint density at radius 3 is 3.18 bits per heavy atom. The summed E-state index contributed by atoms with van der Waals surface area (Å²) < 4.78 is 0. The zero-order valence-corrected chi connectivity index (χ0v) is 10.8. The molecule has 0 radical (unpaired) electrons. The minimum Gasteiger partial charge on any atom is -0.338 e. The highest BCUT2D eigenvalue weighted by atomic mass is 35.5. The second-order valence-electron chi connectivity index (χ2n) is 4.55. The zero-order valence-electron chi connectivity index (χ0n) is 10.0. The Balaban J connectivity index is 2.12. The molecular weight excluding hydrogens is 236 g/mol. The summed E-state index contributed by atoms with van der Waals surface area (Å²) in [7, 11) is 0. The maximum atomic E-state index is 12.3. The highest BCUT2D eigenvalue weighted by Gasteiger charge is 2.24. The number of alkyl halides is 1. The predicted octanol–water partition coefficient (Wildman–Crippen LogP) is 2.48. The Hall–Kier alpha value is -1.09. The van der Waals surface area contributed by atoms with Crippen LogP contribution in [0.3, 0.4) is 0 Å². The number of rotatable bonds is 2. The summed E-state index contributed by atoms with van der Waals surface area (Å²) in [5, 5.41) is 0. The first-order valence-corrected chi connectivity index (χ1v) is 6.52. The van der Waals surface area contributed by atoms with Gasteiger partial charge in [-0.2, -0.15) is 0 Å². The Morgan fingerprint density at radius 1 is 1.65 bits per heavy atom. The summed E-state index contributed by atoms with van der Waals surface area (Å²) in [5.74, 6) is 1.16. The number of amides is 1. The molecule has 0 N–H and O–H groups in total. The van der Waals surface area contributed by atoms with Crippen LogP contribution in [0.25, 0.3) is 0 Å². The van der Waals surface area contributed by atoms with Crippen LogP contribution in [0.2, 0.25) is 0 Å². The monoisotopic (exact) mass is 252 g/mol. The fourth-order valence-corrected chi connectivity index (χ4v) is 2.51. The van der Waals surface area contributed by atoms with Gasteiger partial charge >= 0.3 is 0 Å². The number of carbonyl (C=O) groups is 1. The molecule has 1 amide bonds. The molecule has 1 aromatic rings. The van der Waals surface area contributed by atoms with Crippen LogP contribution in [0.5, 0.6) is 0 Å². The first-order valence-electron chi connectivity index (χ1n) is 5.99. The second kappa shape index (κ2) is 5.50. The lowest BCUT2D eigenvalue weighted by atomic mass is 9.99. The fourth-order valence-electron chi connectivity index (χ4n) is 2.26. The molecule has 1 aliphatic heterocycles. The molecule has 1 aliphatic rings. The van der Waals surface area contributed by atoms with Crippen LogP contribution in [0, 0.1) is 12.8 Å². The van der Waals surface area contributed by atoms with Crippen LogP contribution in [0.1, 0.15) is 28.9 Å². The molecule has 0 aliphatic carbocycles. The van der Waals surface area contributed by atoms with Crippen LogP contribution in [-0.2, 0) is 0 Å². The smallest absolute Gasteiger partial charge is 0.255 e. The van der Waals surface area contributed by atoms with E-state index < -0.39 is 0 Å². The lowest BCUT2D eigenvalue weighted by Crippen LogP contribution is -2.40. The molecule has 0 spiro atoms. The van der Waals surface area contributed by atoms with Crippen molar-refractivity contribution in [2.75, 3.05) is 19.0 Å². The van der Waals surface area contributed by atoms with E-state index in [0.29, 0.717) is 17.4 Å². The molecule has 1 unspecified atom stereocenters. The molecule has 17 heavy (non-hydrogen) atoms. The largest absolute Gasteiger partial charge is 0.338 e. The molecule has 92 valence electrons. The molecule has 3 nitrogen and oxygen atoms in total. The van der Waals surface area contributed by atoms with Crippen molar-refractivity contribution in [3.8, 4) is 0 Å². The van der Waals surface area contributed by atoms with Crippen molar-refractivity contribution in [2.24, 2.45) is 5.92 Å². The summed E-state index contributed by atoms with van der Waals surface area (Å²) >= 11 is 5.88. The Bertz CT molecular complexity index is 408. The molecule has 2 rings (SSSR count). The third-order valence-electron chi connectivity index (χ3n) is 3.26. The number of hydrogen-bond acceptors (Lipinski definition) is 2. The van der Waals surface area contributed by atoms with Crippen molar-refractivity contribution in [1.29, 1.82) is 0 Å². The normalized spacial score (nSPS) is 20.4. The van der Waals surface area contributed by atoms with Crippen LogP contribution in [0.15, 0.2) is 18.3 Å². The minimum absolute atomic E-state index is 0.0883. The van der Waals surface area contributed by atoms with Gasteiger partial charge in [0.05, 0.1) is 5.56 Å². The van der Waals surface area contributed by atoms with Crippen LogP contribution in [-0.4, -0.2) is 34.8 Å². The number of aromatic nitrogens is 1. The molecule has 1 saturated heterocycles. The van der Waals surface area contributed by atoms with Crippen molar-refractivity contribution in [1.82, 2.24) is 9.88 Å². The summed E-state index contributed by atoms with van der Waals surface area (Å²) in [5.41, 5.74) is 1.51. The third-order valence-corrected chi connectivity index (χ3v) is 3.70. The number of likely N-dealkylation sites (tertiary alicyclic amines) is 1. The van der Waals surface area contributed by atoms with Crippen LogP contribution in [0.4, 0.5) is 0 Å². The first kappa shape index (κ1) is 12.4. The lowest BCUT2D eigenvalue weighted by Gasteiger charge is -2.32. The van der Waals surface area contributed by atoms with Gasteiger partial charge in [-0.15, -0.1) is 11.6 Å². The van der Waals surface area contributed by atoms with Gasteiger partial charge in [0.15, 0.2) is 0 Å². The van der Waals surface area contributed by atoms with E-state index in [1.54, 1.807) is 6.20 Å². The predicted molar refractivity (Wildman–Crippen MR) is 68.3 cm³/mol. The average molecular weight is 253 g/mol. The van der Waals surface area contributed by atoms with Gasteiger partial charge in [0, 0.05) is 30.9 Å². The zero-order chi connectivity index (χ0) is 12.3. The maximum Gasteiger partial charge on any atom is 0.255 e. The molecule has 0 saturated carbocycles. The van der Waals surface area contributed by atoms with Crippen molar-refractivity contribution < 1.29 is 4.79 Å². The highest BCUT2D eigenvalue weighted by molar-refractivity contribution is 6.18. The summed E-state index contributed by atoms with van der Waals surface area (Å²) in [6.45, 7) is 3.48. The highest BCUT2D eigenvalue weighted by Crippen LogP contribution is 2.20. The molecule has 2 heterocycles. The minimum atomic E-state index is 0.0883. The number of pyridine rings is 1. The number of halogens is 1. The van der Waals surface area contributed by atoms with E-state index in [1.807, 2.05) is 24.0 Å². The van der Waals surface area contributed by atoms with E-state index in [9.17, 15) is 4.79 Å². The van der Waals surface area contributed by atoms with Gasteiger partial charge < -0.3 is 4.90 Å². The quantitative estimate of drug-likeness (QED) is 0.758. The molecule has 1 fully saturated rings. The average Bonchev–Trinajstić information content (AvgIpc) is 2.38.